The maximum Gasteiger partial charge on any atom is 0.176 e. The average molecular weight is 260 g/mol. The monoisotopic (exact) mass is 259 g/mol. The van der Waals surface area contributed by atoms with Gasteiger partial charge in [-0.1, -0.05) is 11.6 Å². The van der Waals surface area contributed by atoms with E-state index < -0.39 is 0 Å². The predicted octanol–water partition coefficient (Wildman–Crippen LogP) is 2.77. The van der Waals surface area contributed by atoms with Crippen molar-refractivity contribution in [1.29, 1.82) is 0 Å². The standard InChI is InChI=1S/C12H18ClNO3/c1-8(12(16-3)17-4)14-9-5-6-11(15-2)10(13)7-9/h5-8,12,14H,1-4H3. The van der Waals surface area contributed by atoms with Gasteiger partial charge in [0.15, 0.2) is 6.29 Å². The Kier molecular flexibility index (Phi) is 5.55. The molecule has 0 saturated carbocycles. The summed E-state index contributed by atoms with van der Waals surface area (Å²) in [6.45, 7) is 1.97. The molecule has 0 amide bonds. The van der Waals surface area contributed by atoms with Gasteiger partial charge >= 0.3 is 0 Å². The minimum Gasteiger partial charge on any atom is -0.495 e. The third-order valence-electron chi connectivity index (χ3n) is 2.42. The summed E-state index contributed by atoms with van der Waals surface area (Å²) in [5, 5.41) is 3.81. The van der Waals surface area contributed by atoms with E-state index in [1.165, 1.54) is 0 Å². The molecule has 4 nitrogen and oxygen atoms in total. The Balaban J connectivity index is 2.71. The molecule has 0 aromatic heterocycles. The first kappa shape index (κ1) is 14.1. The fourth-order valence-electron chi connectivity index (χ4n) is 1.59. The first-order valence-electron chi connectivity index (χ1n) is 5.28. The molecule has 1 rings (SSSR count). The van der Waals surface area contributed by atoms with Gasteiger partial charge in [0.2, 0.25) is 0 Å². The van der Waals surface area contributed by atoms with Crippen LogP contribution in [0.2, 0.25) is 5.02 Å². The van der Waals surface area contributed by atoms with Crippen LogP contribution in [-0.2, 0) is 9.47 Å². The summed E-state index contributed by atoms with van der Waals surface area (Å²) in [4.78, 5) is 0. The number of rotatable bonds is 6. The third kappa shape index (κ3) is 3.77. The summed E-state index contributed by atoms with van der Waals surface area (Å²) in [7, 11) is 4.80. The zero-order chi connectivity index (χ0) is 12.8. The van der Waals surface area contributed by atoms with Gasteiger partial charge in [-0.3, -0.25) is 0 Å². The Morgan fingerprint density at radius 3 is 2.29 bits per heavy atom. The molecule has 0 fully saturated rings. The van der Waals surface area contributed by atoms with Gasteiger partial charge in [0.05, 0.1) is 18.2 Å². The van der Waals surface area contributed by atoms with Crippen molar-refractivity contribution in [3.8, 4) is 5.75 Å². The van der Waals surface area contributed by atoms with Crippen molar-refractivity contribution in [3.63, 3.8) is 0 Å². The molecule has 0 spiro atoms. The Bertz CT molecular complexity index is 356. The van der Waals surface area contributed by atoms with Gasteiger partial charge in [-0.25, -0.2) is 0 Å². The lowest BCUT2D eigenvalue weighted by Gasteiger charge is -2.23. The van der Waals surface area contributed by atoms with E-state index in [0.717, 1.165) is 5.69 Å². The number of hydrogen-bond donors (Lipinski definition) is 1. The van der Waals surface area contributed by atoms with Gasteiger partial charge in [0.25, 0.3) is 0 Å². The maximum atomic E-state index is 6.03. The second kappa shape index (κ2) is 6.69. The van der Waals surface area contributed by atoms with E-state index in [0.29, 0.717) is 10.8 Å². The number of hydrogen-bond acceptors (Lipinski definition) is 4. The van der Waals surface area contributed by atoms with E-state index in [4.69, 9.17) is 25.8 Å². The van der Waals surface area contributed by atoms with Crippen LogP contribution in [0, 0.1) is 0 Å². The summed E-state index contributed by atoms with van der Waals surface area (Å²) >= 11 is 6.03. The fourth-order valence-corrected chi connectivity index (χ4v) is 1.85. The van der Waals surface area contributed by atoms with Crippen LogP contribution in [-0.4, -0.2) is 33.7 Å². The molecule has 17 heavy (non-hydrogen) atoms. The van der Waals surface area contributed by atoms with E-state index >= 15 is 0 Å². The summed E-state index contributed by atoms with van der Waals surface area (Å²) < 4.78 is 15.4. The summed E-state index contributed by atoms with van der Waals surface area (Å²) in [6, 6.07) is 5.52. The lowest BCUT2D eigenvalue weighted by molar-refractivity contribution is -0.109. The predicted molar refractivity (Wildman–Crippen MR) is 68.9 cm³/mol. The van der Waals surface area contributed by atoms with Gasteiger partial charge in [0, 0.05) is 19.9 Å². The van der Waals surface area contributed by atoms with Crippen molar-refractivity contribution in [2.45, 2.75) is 19.3 Å². The van der Waals surface area contributed by atoms with Crippen molar-refractivity contribution < 1.29 is 14.2 Å². The lowest BCUT2D eigenvalue weighted by Crippen LogP contribution is -2.33. The highest BCUT2D eigenvalue weighted by atomic mass is 35.5. The zero-order valence-electron chi connectivity index (χ0n) is 10.5. The molecule has 5 heteroatoms. The number of halogens is 1. The molecular weight excluding hydrogens is 242 g/mol. The molecule has 0 aliphatic rings. The minimum absolute atomic E-state index is 0.00876. The Morgan fingerprint density at radius 2 is 1.82 bits per heavy atom. The molecule has 96 valence electrons. The van der Waals surface area contributed by atoms with Crippen molar-refractivity contribution in [1.82, 2.24) is 0 Å². The number of benzene rings is 1. The number of methoxy groups -OCH3 is 3. The Labute approximate surface area is 107 Å². The lowest BCUT2D eigenvalue weighted by atomic mass is 10.2. The van der Waals surface area contributed by atoms with E-state index in [1.54, 1.807) is 27.4 Å². The molecule has 1 aromatic rings. The molecule has 0 bridgehead atoms. The van der Waals surface area contributed by atoms with Crippen LogP contribution in [0.1, 0.15) is 6.92 Å². The first-order chi connectivity index (χ1) is 8.12. The summed E-state index contributed by atoms with van der Waals surface area (Å²) in [6.07, 6.45) is -0.309. The van der Waals surface area contributed by atoms with Gasteiger partial charge < -0.3 is 19.5 Å². The molecule has 0 heterocycles. The molecule has 1 atom stereocenters. The maximum absolute atomic E-state index is 6.03. The third-order valence-corrected chi connectivity index (χ3v) is 2.71. The average Bonchev–Trinajstić information content (AvgIpc) is 2.31. The van der Waals surface area contributed by atoms with Crippen molar-refractivity contribution in [3.05, 3.63) is 23.2 Å². The quantitative estimate of drug-likeness (QED) is 0.798. The Morgan fingerprint density at radius 1 is 1.18 bits per heavy atom. The van der Waals surface area contributed by atoms with Crippen LogP contribution >= 0.6 is 11.6 Å². The SMILES string of the molecule is COc1ccc(NC(C)C(OC)OC)cc1Cl. The first-order valence-corrected chi connectivity index (χ1v) is 5.65. The van der Waals surface area contributed by atoms with E-state index in [9.17, 15) is 0 Å². The number of anilines is 1. The molecule has 1 unspecified atom stereocenters. The van der Waals surface area contributed by atoms with Gasteiger partial charge in [-0.05, 0) is 25.1 Å². The molecular formula is C12H18ClNO3. The number of ether oxygens (including phenoxy) is 3. The highest BCUT2D eigenvalue weighted by Gasteiger charge is 2.15. The van der Waals surface area contributed by atoms with Crippen LogP contribution in [0.4, 0.5) is 5.69 Å². The van der Waals surface area contributed by atoms with Gasteiger partial charge in [0.1, 0.15) is 5.75 Å². The van der Waals surface area contributed by atoms with Crippen LogP contribution in [0.3, 0.4) is 0 Å². The minimum atomic E-state index is -0.309. The molecule has 1 N–H and O–H groups in total. The van der Waals surface area contributed by atoms with Gasteiger partial charge in [-0.2, -0.15) is 0 Å². The van der Waals surface area contributed by atoms with Crippen LogP contribution in [0.15, 0.2) is 18.2 Å². The summed E-state index contributed by atoms with van der Waals surface area (Å²) in [5.41, 5.74) is 0.891. The number of nitrogens with one attached hydrogen (secondary N) is 1. The highest BCUT2D eigenvalue weighted by Crippen LogP contribution is 2.27. The molecule has 0 saturated heterocycles. The van der Waals surface area contributed by atoms with Gasteiger partial charge in [-0.15, -0.1) is 0 Å². The van der Waals surface area contributed by atoms with Crippen LogP contribution in [0.25, 0.3) is 0 Å². The van der Waals surface area contributed by atoms with E-state index in [2.05, 4.69) is 5.32 Å². The van der Waals surface area contributed by atoms with E-state index in [-0.39, 0.29) is 12.3 Å². The van der Waals surface area contributed by atoms with Crippen molar-refractivity contribution in [2.75, 3.05) is 26.6 Å². The topological polar surface area (TPSA) is 39.7 Å². The smallest absolute Gasteiger partial charge is 0.176 e. The fraction of sp³-hybridized carbons (Fsp3) is 0.500. The largest absolute Gasteiger partial charge is 0.495 e. The Hall–Kier alpha value is -0.970. The molecule has 0 aliphatic heterocycles. The van der Waals surface area contributed by atoms with Crippen molar-refractivity contribution in [2.24, 2.45) is 0 Å². The molecule has 0 radical (unpaired) electrons. The highest BCUT2D eigenvalue weighted by molar-refractivity contribution is 6.32. The molecule has 1 aromatic carbocycles. The zero-order valence-corrected chi connectivity index (χ0v) is 11.2. The summed E-state index contributed by atoms with van der Waals surface area (Å²) in [5.74, 6) is 0.653. The van der Waals surface area contributed by atoms with E-state index in [1.807, 2.05) is 19.1 Å². The van der Waals surface area contributed by atoms with Crippen LogP contribution in [0.5, 0.6) is 5.75 Å². The van der Waals surface area contributed by atoms with Crippen LogP contribution < -0.4 is 10.1 Å². The normalized spacial score (nSPS) is 12.6. The second-order valence-corrected chi connectivity index (χ2v) is 4.03. The second-order valence-electron chi connectivity index (χ2n) is 3.62. The molecule has 0 aliphatic carbocycles. The van der Waals surface area contributed by atoms with Crippen molar-refractivity contribution >= 4 is 17.3 Å².